The third-order valence-electron chi connectivity index (χ3n) is 4.52. The van der Waals surface area contributed by atoms with Crippen molar-refractivity contribution in [1.29, 1.82) is 0 Å². The Bertz CT molecular complexity index is 806. The summed E-state index contributed by atoms with van der Waals surface area (Å²) in [7, 11) is 5.15. The van der Waals surface area contributed by atoms with Crippen LogP contribution in [0.25, 0.3) is 11.3 Å². The fourth-order valence-electron chi connectivity index (χ4n) is 3.39. The molecule has 0 aliphatic heterocycles. The van der Waals surface area contributed by atoms with Crippen molar-refractivity contribution in [3.8, 4) is 22.8 Å². The van der Waals surface area contributed by atoms with Crippen LogP contribution in [0.4, 0.5) is 0 Å². The highest BCUT2D eigenvalue weighted by Crippen LogP contribution is 2.40. The zero-order chi connectivity index (χ0) is 17.5. The van der Waals surface area contributed by atoms with Gasteiger partial charge in [0.1, 0.15) is 5.69 Å². The number of hydrogen-bond donors (Lipinski definition) is 1. The molecule has 1 aromatic carbocycles. The predicted molar refractivity (Wildman–Crippen MR) is 92.2 cm³/mol. The smallest absolute Gasteiger partial charge is 0.161 e. The molecule has 3 rings (SSSR count). The molecule has 0 saturated carbocycles. The van der Waals surface area contributed by atoms with Gasteiger partial charge in [-0.15, -0.1) is 0 Å². The Morgan fingerprint density at radius 2 is 1.88 bits per heavy atom. The van der Waals surface area contributed by atoms with Crippen LogP contribution in [-0.4, -0.2) is 34.9 Å². The van der Waals surface area contributed by atoms with Gasteiger partial charge >= 0.3 is 0 Å². The molecule has 1 aromatic heterocycles. The monoisotopic (exact) mass is 329 g/mol. The van der Waals surface area contributed by atoms with Crippen LogP contribution >= 0.6 is 0 Å². The van der Waals surface area contributed by atoms with Gasteiger partial charge in [-0.3, -0.25) is 4.68 Å². The minimum absolute atomic E-state index is 0.0389. The molecule has 6 nitrogen and oxygen atoms in total. The molecule has 24 heavy (non-hydrogen) atoms. The van der Waals surface area contributed by atoms with E-state index in [0.29, 0.717) is 23.6 Å². The topological polar surface area (TPSA) is 68.9 Å². The Hall–Kier alpha value is -2.50. The zero-order valence-electron chi connectivity index (χ0n) is 14.8. The highest BCUT2D eigenvalue weighted by atomic mass is 16.5. The maximum atomic E-state index is 9.54. The molecule has 0 fully saturated rings. The van der Waals surface area contributed by atoms with E-state index in [1.165, 1.54) is 0 Å². The predicted octanol–water partition coefficient (Wildman–Crippen LogP) is 3.26. The Kier molecular flexibility index (Phi) is 3.99. The maximum Gasteiger partial charge on any atom is 0.161 e. The average molecular weight is 329 g/mol. The number of methoxy groups -OCH3 is 2. The van der Waals surface area contributed by atoms with Crippen LogP contribution in [0.5, 0.6) is 11.5 Å². The molecule has 0 unspecified atom stereocenters. The number of fused-ring (bicyclic) bond motifs is 1. The molecule has 0 radical (unpaired) electrons. The molecule has 0 spiro atoms. The first-order valence-corrected chi connectivity index (χ1v) is 7.90. The second-order valence-corrected chi connectivity index (χ2v) is 6.93. The van der Waals surface area contributed by atoms with Crippen molar-refractivity contribution in [3.05, 3.63) is 29.5 Å². The Balaban J connectivity index is 2.18. The number of ether oxygens (including phenoxy) is 2. The number of oxime groups is 1. The van der Waals surface area contributed by atoms with E-state index in [9.17, 15) is 5.21 Å². The van der Waals surface area contributed by atoms with E-state index < -0.39 is 0 Å². The minimum Gasteiger partial charge on any atom is -0.493 e. The summed E-state index contributed by atoms with van der Waals surface area (Å²) < 4.78 is 12.6. The summed E-state index contributed by atoms with van der Waals surface area (Å²) in [5, 5.41) is 17.8. The summed E-state index contributed by atoms with van der Waals surface area (Å²) in [6.45, 7) is 4.34. The molecule has 1 heterocycles. The quantitative estimate of drug-likeness (QED) is 0.693. The van der Waals surface area contributed by atoms with Crippen LogP contribution in [0, 0.1) is 5.41 Å². The van der Waals surface area contributed by atoms with E-state index in [1.54, 1.807) is 14.2 Å². The molecular weight excluding hydrogens is 306 g/mol. The minimum atomic E-state index is 0.0389. The van der Waals surface area contributed by atoms with Gasteiger partial charge in [0.15, 0.2) is 11.5 Å². The van der Waals surface area contributed by atoms with Crippen LogP contribution in [0.1, 0.15) is 31.5 Å². The number of nitrogens with zero attached hydrogens (tertiary/aromatic N) is 3. The van der Waals surface area contributed by atoms with Gasteiger partial charge in [-0.2, -0.15) is 5.10 Å². The Labute approximate surface area is 141 Å². The van der Waals surface area contributed by atoms with E-state index in [1.807, 2.05) is 29.9 Å². The molecule has 1 aliphatic carbocycles. The van der Waals surface area contributed by atoms with Gasteiger partial charge in [0.05, 0.1) is 19.9 Å². The fraction of sp³-hybridized carbons (Fsp3) is 0.444. The normalized spacial score (nSPS) is 17.6. The lowest BCUT2D eigenvalue weighted by atomic mass is 9.75. The first-order chi connectivity index (χ1) is 11.4. The van der Waals surface area contributed by atoms with Crippen LogP contribution in [-0.2, 0) is 13.5 Å². The van der Waals surface area contributed by atoms with Crippen molar-refractivity contribution in [2.24, 2.45) is 17.6 Å². The van der Waals surface area contributed by atoms with Gasteiger partial charge in [0, 0.05) is 23.9 Å². The van der Waals surface area contributed by atoms with Crippen molar-refractivity contribution in [1.82, 2.24) is 9.78 Å². The highest BCUT2D eigenvalue weighted by molar-refractivity contribution is 6.07. The van der Waals surface area contributed by atoms with Crippen molar-refractivity contribution >= 4 is 5.71 Å². The largest absolute Gasteiger partial charge is 0.493 e. The molecule has 2 aromatic rings. The summed E-state index contributed by atoms with van der Waals surface area (Å²) >= 11 is 0. The van der Waals surface area contributed by atoms with Crippen LogP contribution < -0.4 is 9.47 Å². The van der Waals surface area contributed by atoms with Crippen LogP contribution in [0.2, 0.25) is 0 Å². The lowest BCUT2D eigenvalue weighted by Crippen LogP contribution is -2.28. The molecule has 0 atom stereocenters. The zero-order valence-corrected chi connectivity index (χ0v) is 14.8. The molecular formula is C18H23N3O3. The van der Waals surface area contributed by atoms with Crippen molar-refractivity contribution in [3.63, 3.8) is 0 Å². The summed E-state index contributed by atoms with van der Waals surface area (Å²) in [6.07, 6.45) is 1.60. The summed E-state index contributed by atoms with van der Waals surface area (Å²) in [5.41, 5.74) is 4.44. The summed E-state index contributed by atoms with van der Waals surface area (Å²) in [4.78, 5) is 0. The average Bonchev–Trinajstić information content (AvgIpc) is 2.89. The van der Waals surface area contributed by atoms with Crippen LogP contribution in [0.3, 0.4) is 0 Å². The molecule has 1 N–H and O–H groups in total. The third kappa shape index (κ3) is 2.62. The number of aromatic nitrogens is 2. The van der Waals surface area contributed by atoms with E-state index in [-0.39, 0.29) is 5.41 Å². The van der Waals surface area contributed by atoms with Crippen LogP contribution in [0.15, 0.2) is 23.4 Å². The number of rotatable bonds is 3. The van der Waals surface area contributed by atoms with E-state index in [0.717, 1.165) is 28.9 Å². The Morgan fingerprint density at radius 1 is 1.17 bits per heavy atom. The molecule has 1 aliphatic rings. The second kappa shape index (κ2) is 5.85. The van der Waals surface area contributed by atoms with Crippen molar-refractivity contribution in [2.45, 2.75) is 26.7 Å². The first kappa shape index (κ1) is 16.4. The maximum absolute atomic E-state index is 9.54. The lowest BCUT2D eigenvalue weighted by molar-refractivity contribution is 0.305. The number of benzene rings is 1. The number of hydrogen-bond acceptors (Lipinski definition) is 5. The van der Waals surface area contributed by atoms with Gasteiger partial charge in [-0.1, -0.05) is 19.0 Å². The van der Waals surface area contributed by atoms with E-state index >= 15 is 0 Å². The molecule has 0 saturated heterocycles. The van der Waals surface area contributed by atoms with E-state index in [2.05, 4.69) is 24.1 Å². The van der Waals surface area contributed by atoms with Gasteiger partial charge in [0.25, 0.3) is 0 Å². The van der Waals surface area contributed by atoms with Gasteiger partial charge < -0.3 is 14.7 Å². The molecule has 128 valence electrons. The van der Waals surface area contributed by atoms with Crippen molar-refractivity contribution < 1.29 is 14.7 Å². The standard InChI is InChI=1S/C18H23N3O3/c1-18(2)9-12(20-22)16-13(10-18)21(3)19-17(16)11-6-7-14(23-4)15(8-11)24-5/h6-8,22H,9-10H2,1-5H3. The summed E-state index contributed by atoms with van der Waals surface area (Å²) in [6, 6.07) is 5.70. The Morgan fingerprint density at radius 3 is 2.50 bits per heavy atom. The SMILES string of the molecule is COc1ccc(-c2nn(C)c3c2C(=NO)CC(C)(C)C3)cc1OC. The third-order valence-corrected chi connectivity index (χ3v) is 4.52. The highest BCUT2D eigenvalue weighted by Gasteiger charge is 2.35. The van der Waals surface area contributed by atoms with Gasteiger partial charge in [0.2, 0.25) is 0 Å². The first-order valence-electron chi connectivity index (χ1n) is 7.90. The number of aryl methyl sites for hydroxylation is 1. The molecule has 6 heteroatoms. The van der Waals surface area contributed by atoms with Crippen molar-refractivity contribution in [2.75, 3.05) is 14.2 Å². The fourth-order valence-corrected chi connectivity index (χ4v) is 3.39. The van der Waals surface area contributed by atoms with Gasteiger partial charge in [-0.05, 0) is 36.5 Å². The molecule has 0 bridgehead atoms. The second-order valence-electron chi connectivity index (χ2n) is 6.93. The van der Waals surface area contributed by atoms with E-state index in [4.69, 9.17) is 9.47 Å². The summed E-state index contributed by atoms with van der Waals surface area (Å²) in [5.74, 6) is 1.32. The lowest BCUT2D eigenvalue weighted by Gasteiger charge is -2.30. The van der Waals surface area contributed by atoms with Gasteiger partial charge in [-0.25, -0.2) is 0 Å². The molecule has 0 amide bonds.